The first-order valence-electron chi connectivity index (χ1n) is 6.94. The molecule has 2 heterocycles. The predicted molar refractivity (Wildman–Crippen MR) is 83.1 cm³/mol. The molecule has 0 atom stereocenters. The molecule has 2 aromatic rings. The third-order valence-electron chi connectivity index (χ3n) is 2.50. The van der Waals surface area contributed by atoms with Gasteiger partial charge in [0.15, 0.2) is 0 Å². The van der Waals surface area contributed by atoms with E-state index in [4.69, 9.17) is 25.8 Å². The average molecular weight is 359 g/mol. The van der Waals surface area contributed by atoms with Gasteiger partial charge in [-0.3, -0.25) is 4.79 Å². The molecule has 0 aromatic carbocycles. The normalized spacial score (nSPS) is 11.6. The van der Waals surface area contributed by atoms with Gasteiger partial charge in [0, 0.05) is 10.8 Å². The molecule has 0 saturated heterocycles. The number of halogens is 1. The lowest BCUT2D eigenvalue weighted by Gasteiger charge is -2.10. The molecule has 0 spiro atoms. The Morgan fingerprint density at radius 2 is 1.25 bits per heavy atom. The maximum atomic E-state index is 10.6. The molecule has 0 unspecified atom stereocenters. The molecule has 0 saturated carbocycles. The van der Waals surface area contributed by atoms with E-state index in [2.05, 4.69) is 20.3 Å². The van der Waals surface area contributed by atoms with Crippen LogP contribution in [-0.4, -0.2) is 36.6 Å². The lowest BCUT2D eigenvalue weighted by Crippen LogP contribution is -2.12. The highest BCUT2D eigenvalue weighted by molar-refractivity contribution is 6.67. The van der Waals surface area contributed by atoms with Crippen molar-refractivity contribution in [3.63, 3.8) is 0 Å². The second-order valence-corrected chi connectivity index (χ2v) is 7.27. The summed E-state index contributed by atoms with van der Waals surface area (Å²) in [7, 11) is 0. The molecule has 24 heavy (non-hydrogen) atoms. The zero-order chi connectivity index (χ0) is 18.7. The zero-order valence-corrected chi connectivity index (χ0v) is 15.0. The lowest BCUT2D eigenvalue weighted by atomic mass is 9.97. The number of carboxylic acids is 1. The molecule has 0 bridgehead atoms. The van der Waals surface area contributed by atoms with Crippen LogP contribution in [0.3, 0.4) is 0 Å². The van der Waals surface area contributed by atoms with Gasteiger partial charge in [0.25, 0.3) is 16.9 Å². The number of aromatic carboxylic acids is 1. The van der Waals surface area contributed by atoms with E-state index < -0.39 is 11.2 Å². The van der Waals surface area contributed by atoms with Crippen molar-refractivity contribution in [3.05, 3.63) is 23.4 Å². The molecule has 0 radical (unpaired) electrons. The molecule has 0 aliphatic carbocycles. The average Bonchev–Trinajstić information content (AvgIpc) is 3.08. The summed E-state index contributed by atoms with van der Waals surface area (Å²) in [5, 5.41) is 14.5. The van der Waals surface area contributed by atoms with Gasteiger partial charge < -0.3 is 14.2 Å². The quantitative estimate of drug-likeness (QED) is 0.804. The van der Waals surface area contributed by atoms with Crippen LogP contribution in [0.2, 0.25) is 0 Å². The van der Waals surface area contributed by atoms with E-state index in [1.54, 1.807) is 0 Å². The van der Waals surface area contributed by atoms with Crippen LogP contribution in [0.4, 0.5) is 0 Å². The summed E-state index contributed by atoms with van der Waals surface area (Å²) in [6, 6.07) is 0. The standard InChI is InChI=1S/C7H9ClN2O2.C7H10N2O3/c1-7(2,3)6-9-5(4(8)11)10-12-6;1-7(2,3)6-8-4(5(10)11)9-12-6/h1-3H3;1-3H3,(H,10,11). The molecule has 0 aliphatic rings. The number of hydrogen-bond acceptors (Lipinski definition) is 8. The monoisotopic (exact) mass is 358 g/mol. The summed E-state index contributed by atoms with van der Waals surface area (Å²) >= 11 is 5.14. The van der Waals surface area contributed by atoms with Crippen molar-refractivity contribution in [2.45, 2.75) is 52.4 Å². The fraction of sp³-hybridized carbons (Fsp3) is 0.571. The molecule has 9 nitrogen and oxygen atoms in total. The SMILES string of the molecule is CC(C)(C)c1nc(C(=O)Cl)no1.CC(C)(C)c1nc(C(=O)O)no1. The van der Waals surface area contributed by atoms with E-state index in [0.717, 1.165) is 0 Å². The van der Waals surface area contributed by atoms with E-state index in [1.807, 2.05) is 41.5 Å². The first-order chi connectivity index (χ1) is 10.8. The maximum absolute atomic E-state index is 10.6. The highest BCUT2D eigenvalue weighted by atomic mass is 35.5. The lowest BCUT2D eigenvalue weighted by molar-refractivity contribution is 0.0680. The Kier molecular flexibility index (Phi) is 5.83. The summed E-state index contributed by atoms with van der Waals surface area (Å²) in [5.41, 5.74) is -0.557. The van der Waals surface area contributed by atoms with Gasteiger partial charge in [-0.25, -0.2) is 4.79 Å². The fourth-order valence-corrected chi connectivity index (χ4v) is 1.30. The van der Waals surface area contributed by atoms with E-state index in [1.165, 1.54) is 0 Å². The topological polar surface area (TPSA) is 132 Å². The molecular formula is C14H19ClN4O5. The highest BCUT2D eigenvalue weighted by Crippen LogP contribution is 2.20. The molecule has 2 rings (SSSR count). The predicted octanol–water partition coefficient (Wildman–Crippen LogP) is 2.81. The zero-order valence-electron chi connectivity index (χ0n) is 14.2. The Balaban J connectivity index is 0.000000240. The minimum atomic E-state index is -1.17. The Hall–Kier alpha value is -2.29. The third-order valence-corrected chi connectivity index (χ3v) is 2.67. The number of carboxylic acid groups (broad SMARTS) is 1. The van der Waals surface area contributed by atoms with E-state index in [9.17, 15) is 9.59 Å². The Morgan fingerprint density at radius 1 is 0.875 bits per heavy atom. The minimum Gasteiger partial charge on any atom is -0.475 e. The van der Waals surface area contributed by atoms with Gasteiger partial charge in [0.1, 0.15) is 0 Å². The van der Waals surface area contributed by atoms with Crippen molar-refractivity contribution in [2.75, 3.05) is 0 Å². The summed E-state index contributed by atoms with van der Waals surface area (Å²) in [6.45, 7) is 11.3. The number of rotatable bonds is 2. The largest absolute Gasteiger partial charge is 0.475 e. The van der Waals surface area contributed by atoms with Crippen LogP contribution in [0.5, 0.6) is 0 Å². The van der Waals surface area contributed by atoms with Crippen molar-refractivity contribution >= 4 is 22.8 Å². The molecule has 10 heteroatoms. The van der Waals surface area contributed by atoms with Crippen LogP contribution in [0.25, 0.3) is 0 Å². The number of nitrogens with zero attached hydrogens (tertiary/aromatic N) is 4. The van der Waals surface area contributed by atoms with E-state index in [0.29, 0.717) is 11.8 Å². The van der Waals surface area contributed by atoms with Crippen LogP contribution >= 0.6 is 11.6 Å². The molecule has 0 aliphatic heterocycles. The van der Waals surface area contributed by atoms with Crippen molar-refractivity contribution in [1.82, 2.24) is 20.3 Å². The Morgan fingerprint density at radius 3 is 1.46 bits per heavy atom. The number of carbonyl (C=O) groups is 2. The number of carbonyl (C=O) groups excluding carboxylic acids is 1. The van der Waals surface area contributed by atoms with Gasteiger partial charge in [0.2, 0.25) is 11.8 Å². The first-order valence-corrected chi connectivity index (χ1v) is 7.31. The maximum Gasteiger partial charge on any atom is 0.377 e. The first kappa shape index (κ1) is 19.8. The number of hydrogen-bond donors (Lipinski definition) is 1. The van der Waals surface area contributed by atoms with Gasteiger partial charge in [-0.1, -0.05) is 46.7 Å². The van der Waals surface area contributed by atoms with Crippen molar-refractivity contribution in [1.29, 1.82) is 0 Å². The van der Waals surface area contributed by atoms with Crippen LogP contribution in [0.15, 0.2) is 9.05 Å². The molecule has 2 aromatic heterocycles. The molecule has 0 fully saturated rings. The Bertz CT molecular complexity index is 662. The van der Waals surface area contributed by atoms with Gasteiger partial charge in [-0.2, -0.15) is 9.97 Å². The molecule has 0 amide bonds. The molecule has 1 N–H and O–H groups in total. The van der Waals surface area contributed by atoms with Gasteiger partial charge >= 0.3 is 5.97 Å². The molecule has 132 valence electrons. The smallest absolute Gasteiger partial charge is 0.377 e. The summed E-state index contributed by atoms with van der Waals surface area (Å²) < 4.78 is 9.57. The van der Waals surface area contributed by atoms with Crippen LogP contribution < -0.4 is 0 Å². The fourth-order valence-electron chi connectivity index (χ4n) is 1.22. The highest BCUT2D eigenvalue weighted by Gasteiger charge is 2.24. The summed E-state index contributed by atoms with van der Waals surface area (Å²) in [4.78, 5) is 28.4. The van der Waals surface area contributed by atoms with Gasteiger partial charge in [-0.15, -0.1) is 0 Å². The van der Waals surface area contributed by atoms with Crippen molar-refractivity contribution in [3.8, 4) is 0 Å². The van der Waals surface area contributed by atoms with Gasteiger partial charge in [-0.05, 0) is 16.8 Å². The van der Waals surface area contributed by atoms with E-state index in [-0.39, 0.29) is 22.5 Å². The van der Waals surface area contributed by atoms with Crippen molar-refractivity contribution < 1.29 is 23.7 Å². The van der Waals surface area contributed by atoms with Crippen LogP contribution in [0.1, 0.15) is 74.6 Å². The molecular weight excluding hydrogens is 340 g/mol. The number of aromatic nitrogens is 4. The summed E-state index contributed by atoms with van der Waals surface area (Å²) in [6.07, 6.45) is 0. The van der Waals surface area contributed by atoms with Crippen molar-refractivity contribution in [2.24, 2.45) is 0 Å². The van der Waals surface area contributed by atoms with Crippen LogP contribution in [-0.2, 0) is 10.8 Å². The second-order valence-electron chi connectivity index (χ2n) is 6.93. The summed E-state index contributed by atoms with van der Waals surface area (Å²) in [5.74, 6) is -0.804. The van der Waals surface area contributed by atoms with Crippen LogP contribution in [0, 0.1) is 0 Å². The van der Waals surface area contributed by atoms with Gasteiger partial charge in [0.05, 0.1) is 0 Å². The third kappa shape index (κ3) is 5.41. The van der Waals surface area contributed by atoms with E-state index >= 15 is 0 Å². The second kappa shape index (κ2) is 7.08. The Labute approximate surface area is 143 Å². The minimum absolute atomic E-state index is 0.0819.